The molecule has 1 fully saturated rings. The first-order chi connectivity index (χ1) is 16.4. The first-order valence-electron chi connectivity index (χ1n) is 10.5. The third-order valence-electron chi connectivity index (χ3n) is 5.54. The van der Waals surface area contributed by atoms with E-state index in [1.807, 2.05) is 17.5 Å². The molecular weight excluding hydrogens is 476 g/mol. The molecule has 0 radical (unpaired) electrons. The Balaban J connectivity index is 1.59. The highest BCUT2D eigenvalue weighted by Gasteiger charge is 2.44. The van der Waals surface area contributed by atoms with E-state index in [0.717, 1.165) is 15.3 Å². The zero-order chi connectivity index (χ0) is 24.2. The predicted molar refractivity (Wildman–Crippen MR) is 129 cm³/mol. The molecular formula is C25H21ClN2O5S. The summed E-state index contributed by atoms with van der Waals surface area (Å²) in [6, 6.07) is 15.8. The summed E-state index contributed by atoms with van der Waals surface area (Å²) in [5.74, 6) is -1.66. The van der Waals surface area contributed by atoms with Crippen LogP contribution in [0.3, 0.4) is 0 Å². The van der Waals surface area contributed by atoms with Crippen LogP contribution < -0.4 is 4.90 Å². The van der Waals surface area contributed by atoms with Crippen LogP contribution in [0, 0.1) is 0 Å². The van der Waals surface area contributed by atoms with Crippen molar-refractivity contribution in [3.8, 4) is 0 Å². The van der Waals surface area contributed by atoms with Gasteiger partial charge in [0.25, 0.3) is 5.91 Å². The maximum Gasteiger partial charge on any atom is 0.337 e. The fourth-order valence-electron chi connectivity index (χ4n) is 3.82. The third kappa shape index (κ3) is 5.03. The van der Waals surface area contributed by atoms with E-state index in [4.69, 9.17) is 11.6 Å². The van der Waals surface area contributed by atoms with E-state index >= 15 is 0 Å². The zero-order valence-electron chi connectivity index (χ0n) is 18.3. The Morgan fingerprint density at radius 1 is 1.09 bits per heavy atom. The Bertz CT molecular complexity index is 1210. The van der Waals surface area contributed by atoms with Crippen LogP contribution in [0.15, 0.2) is 66.0 Å². The van der Waals surface area contributed by atoms with Gasteiger partial charge in [-0.05, 0) is 53.4 Å². The highest BCUT2D eigenvalue weighted by molar-refractivity contribution is 7.09. The van der Waals surface area contributed by atoms with Crippen molar-refractivity contribution in [2.75, 3.05) is 12.0 Å². The lowest BCUT2D eigenvalue weighted by Gasteiger charge is -2.27. The van der Waals surface area contributed by atoms with Crippen molar-refractivity contribution in [2.45, 2.75) is 25.4 Å². The number of benzene rings is 2. The number of halogens is 1. The fraction of sp³-hybridized carbons (Fsp3) is 0.200. The SMILES string of the molecule is COC(=O)c1ccc(N2C(=O)CC(N(Cc3cccs3)C(=O)Cc3ccc(Cl)cc3)C2=O)cc1. The first-order valence-corrected chi connectivity index (χ1v) is 11.7. The van der Waals surface area contributed by atoms with E-state index in [1.54, 1.807) is 24.3 Å². The van der Waals surface area contributed by atoms with E-state index in [9.17, 15) is 19.2 Å². The van der Waals surface area contributed by atoms with Crippen molar-refractivity contribution in [1.82, 2.24) is 4.90 Å². The lowest BCUT2D eigenvalue weighted by molar-refractivity contribution is -0.138. The second-order valence-electron chi connectivity index (χ2n) is 7.73. The standard InChI is InChI=1S/C25H21ClN2O5S/c1-33-25(32)17-6-10-19(11-7-17)28-23(30)14-21(24(28)31)27(15-20-3-2-12-34-20)22(29)13-16-4-8-18(26)9-5-16/h2-12,21H,13-15H2,1H3. The van der Waals surface area contributed by atoms with E-state index in [2.05, 4.69) is 4.74 Å². The number of esters is 1. The Labute approximate surface area is 205 Å². The lowest BCUT2D eigenvalue weighted by atomic mass is 10.1. The van der Waals surface area contributed by atoms with Crippen LogP contribution >= 0.6 is 22.9 Å². The summed E-state index contributed by atoms with van der Waals surface area (Å²) in [5.41, 5.74) is 1.41. The van der Waals surface area contributed by atoms with Gasteiger partial charge >= 0.3 is 5.97 Å². The van der Waals surface area contributed by atoms with Crippen LogP contribution in [0.2, 0.25) is 5.02 Å². The summed E-state index contributed by atoms with van der Waals surface area (Å²) in [5, 5.41) is 2.46. The summed E-state index contributed by atoms with van der Waals surface area (Å²) in [4.78, 5) is 54.7. The average molecular weight is 497 g/mol. The molecule has 9 heteroatoms. The Hall–Kier alpha value is -3.49. The molecule has 7 nitrogen and oxygen atoms in total. The van der Waals surface area contributed by atoms with Gasteiger partial charge in [0.05, 0.1) is 37.7 Å². The van der Waals surface area contributed by atoms with Crippen LogP contribution in [0.25, 0.3) is 0 Å². The molecule has 34 heavy (non-hydrogen) atoms. The molecule has 1 saturated heterocycles. The number of methoxy groups -OCH3 is 1. The minimum Gasteiger partial charge on any atom is -0.465 e. The summed E-state index contributed by atoms with van der Waals surface area (Å²) in [6.07, 6.45) is -0.0380. The Morgan fingerprint density at radius 2 is 1.79 bits per heavy atom. The molecule has 3 amide bonds. The molecule has 1 unspecified atom stereocenters. The number of hydrogen-bond acceptors (Lipinski definition) is 6. The number of rotatable bonds is 7. The highest BCUT2D eigenvalue weighted by atomic mass is 35.5. The molecule has 1 aliphatic rings. The molecule has 0 saturated carbocycles. The molecule has 0 N–H and O–H groups in total. The molecule has 1 aromatic heterocycles. The second kappa shape index (κ2) is 10.2. The normalized spacial score (nSPS) is 15.5. The zero-order valence-corrected chi connectivity index (χ0v) is 19.8. The molecule has 2 heterocycles. The second-order valence-corrected chi connectivity index (χ2v) is 9.20. The van der Waals surface area contributed by atoms with Gasteiger partial charge in [0.1, 0.15) is 6.04 Å². The third-order valence-corrected chi connectivity index (χ3v) is 6.65. The van der Waals surface area contributed by atoms with Gasteiger partial charge in [-0.25, -0.2) is 9.69 Å². The molecule has 1 atom stereocenters. The topological polar surface area (TPSA) is 84.0 Å². The minimum absolute atomic E-state index is 0.0777. The van der Waals surface area contributed by atoms with Gasteiger partial charge in [-0.2, -0.15) is 0 Å². The lowest BCUT2D eigenvalue weighted by Crippen LogP contribution is -2.45. The van der Waals surface area contributed by atoms with Gasteiger partial charge < -0.3 is 9.64 Å². The van der Waals surface area contributed by atoms with E-state index < -0.39 is 23.8 Å². The molecule has 3 aromatic rings. The monoisotopic (exact) mass is 496 g/mol. The van der Waals surface area contributed by atoms with Crippen LogP contribution in [0.5, 0.6) is 0 Å². The van der Waals surface area contributed by atoms with Gasteiger partial charge in [-0.1, -0.05) is 29.8 Å². The number of thiophene rings is 1. The van der Waals surface area contributed by atoms with E-state index in [-0.39, 0.29) is 25.3 Å². The number of imide groups is 1. The van der Waals surface area contributed by atoms with Crippen molar-refractivity contribution in [3.05, 3.63) is 87.1 Å². The molecule has 1 aliphatic heterocycles. The number of amides is 3. The van der Waals surface area contributed by atoms with Gasteiger partial charge in [0.15, 0.2) is 0 Å². The van der Waals surface area contributed by atoms with Gasteiger partial charge in [-0.3, -0.25) is 14.4 Å². The number of ether oxygens (including phenoxy) is 1. The molecule has 0 spiro atoms. The van der Waals surface area contributed by atoms with Crippen molar-refractivity contribution in [2.24, 2.45) is 0 Å². The first kappa shape index (κ1) is 23.7. The fourth-order valence-corrected chi connectivity index (χ4v) is 4.64. The largest absolute Gasteiger partial charge is 0.465 e. The molecule has 4 rings (SSSR count). The quantitative estimate of drug-likeness (QED) is 0.363. The van der Waals surface area contributed by atoms with Gasteiger partial charge in [0.2, 0.25) is 11.8 Å². The van der Waals surface area contributed by atoms with Crippen molar-refractivity contribution in [3.63, 3.8) is 0 Å². The predicted octanol–water partition coefficient (Wildman–Crippen LogP) is 4.09. The average Bonchev–Trinajstić information content (AvgIpc) is 3.45. The summed E-state index contributed by atoms with van der Waals surface area (Å²) >= 11 is 7.42. The smallest absolute Gasteiger partial charge is 0.337 e. The number of carbonyl (C=O) groups excluding carboxylic acids is 4. The van der Waals surface area contributed by atoms with Crippen molar-refractivity contribution < 1.29 is 23.9 Å². The van der Waals surface area contributed by atoms with E-state index in [1.165, 1.54) is 47.6 Å². The van der Waals surface area contributed by atoms with Crippen LogP contribution in [0.1, 0.15) is 27.2 Å². The number of nitrogens with zero attached hydrogens (tertiary/aromatic N) is 2. The van der Waals surface area contributed by atoms with Crippen molar-refractivity contribution >= 4 is 52.3 Å². The molecule has 0 aliphatic carbocycles. The molecule has 0 bridgehead atoms. The van der Waals surface area contributed by atoms with Gasteiger partial charge in [-0.15, -0.1) is 11.3 Å². The number of hydrogen-bond donors (Lipinski definition) is 0. The minimum atomic E-state index is -0.922. The van der Waals surface area contributed by atoms with Gasteiger partial charge in [0, 0.05) is 9.90 Å². The van der Waals surface area contributed by atoms with Crippen LogP contribution in [0.4, 0.5) is 5.69 Å². The molecule has 2 aromatic carbocycles. The maximum absolute atomic E-state index is 13.4. The summed E-state index contributed by atoms with van der Waals surface area (Å²) in [7, 11) is 1.28. The van der Waals surface area contributed by atoms with Crippen molar-refractivity contribution in [1.29, 1.82) is 0 Å². The van der Waals surface area contributed by atoms with E-state index in [0.29, 0.717) is 16.3 Å². The summed E-state index contributed by atoms with van der Waals surface area (Å²) < 4.78 is 4.69. The van der Waals surface area contributed by atoms with Crippen LogP contribution in [-0.2, 0) is 32.1 Å². The number of carbonyl (C=O) groups is 4. The summed E-state index contributed by atoms with van der Waals surface area (Å²) in [6.45, 7) is 0.225. The molecule has 174 valence electrons. The Morgan fingerprint density at radius 3 is 2.41 bits per heavy atom. The maximum atomic E-state index is 13.4. The van der Waals surface area contributed by atoms with Crippen LogP contribution in [-0.4, -0.2) is 41.7 Å². The number of anilines is 1. The highest BCUT2D eigenvalue weighted by Crippen LogP contribution is 2.28. The Kier molecular flexibility index (Phi) is 7.09.